The lowest BCUT2D eigenvalue weighted by atomic mass is 10.2. The van der Waals surface area contributed by atoms with Gasteiger partial charge in [0.15, 0.2) is 0 Å². The monoisotopic (exact) mass is 395 g/mol. The zero-order valence-electron chi connectivity index (χ0n) is 16.1. The number of amides is 2. The molecular formula is C21H21N3O5. The Hall–Kier alpha value is -3.81. The summed E-state index contributed by atoms with van der Waals surface area (Å²) in [5.41, 5.74) is 6.13. The van der Waals surface area contributed by atoms with E-state index in [9.17, 15) is 14.4 Å². The lowest BCUT2D eigenvalue weighted by Crippen LogP contribution is -2.40. The molecular weight excluding hydrogens is 374 g/mol. The van der Waals surface area contributed by atoms with Crippen LogP contribution >= 0.6 is 0 Å². The predicted molar refractivity (Wildman–Crippen MR) is 107 cm³/mol. The molecule has 2 N–H and O–H groups in total. The third kappa shape index (κ3) is 4.92. The number of hydrogen-bond donors (Lipinski definition) is 2. The molecule has 29 heavy (non-hydrogen) atoms. The van der Waals surface area contributed by atoms with Crippen LogP contribution in [0.15, 0.2) is 53.1 Å². The Balaban J connectivity index is 1.53. The zero-order valence-corrected chi connectivity index (χ0v) is 16.1. The van der Waals surface area contributed by atoms with Gasteiger partial charge in [0, 0.05) is 36.6 Å². The molecule has 0 aliphatic rings. The minimum Gasteiger partial charge on any atom is -0.469 e. The summed E-state index contributed by atoms with van der Waals surface area (Å²) < 4.78 is 11.9. The fourth-order valence-corrected chi connectivity index (χ4v) is 2.85. The van der Waals surface area contributed by atoms with Crippen LogP contribution in [0.1, 0.15) is 28.3 Å². The van der Waals surface area contributed by atoms with Crippen molar-refractivity contribution in [2.45, 2.75) is 12.8 Å². The summed E-state index contributed by atoms with van der Waals surface area (Å²) in [5, 5.41) is 0.798. The number of aryl methyl sites for hydroxylation is 2. The number of esters is 1. The van der Waals surface area contributed by atoms with E-state index in [4.69, 9.17) is 4.42 Å². The molecule has 0 fully saturated rings. The number of hydrazine groups is 1. The Kier molecular flexibility index (Phi) is 6.13. The molecule has 0 radical (unpaired) electrons. The number of fused-ring (bicyclic) bond motifs is 1. The fraction of sp³-hybridized carbons (Fsp3) is 0.190. The van der Waals surface area contributed by atoms with Gasteiger partial charge in [0.2, 0.25) is 0 Å². The first-order chi connectivity index (χ1) is 14.0. The topological polar surface area (TPSA) is 103 Å². The number of ether oxygens (including phenoxy) is 1. The van der Waals surface area contributed by atoms with Gasteiger partial charge in [-0.2, -0.15) is 0 Å². The molecule has 0 atom stereocenters. The first-order valence-electron chi connectivity index (χ1n) is 8.96. The van der Waals surface area contributed by atoms with E-state index in [-0.39, 0.29) is 12.4 Å². The van der Waals surface area contributed by atoms with E-state index in [2.05, 4.69) is 15.6 Å². The first-order valence-corrected chi connectivity index (χ1v) is 8.96. The predicted octanol–water partition coefficient (Wildman–Crippen LogP) is 2.35. The van der Waals surface area contributed by atoms with Gasteiger partial charge in [-0.15, -0.1) is 0 Å². The first kappa shape index (κ1) is 19.9. The highest BCUT2D eigenvalue weighted by Crippen LogP contribution is 2.19. The van der Waals surface area contributed by atoms with Crippen molar-refractivity contribution >= 4 is 34.8 Å². The van der Waals surface area contributed by atoms with Crippen molar-refractivity contribution in [1.82, 2.24) is 15.4 Å². The number of rotatable bonds is 6. The van der Waals surface area contributed by atoms with Gasteiger partial charge in [-0.25, -0.2) is 0 Å². The Morgan fingerprint density at radius 1 is 1.14 bits per heavy atom. The van der Waals surface area contributed by atoms with E-state index in [0.29, 0.717) is 23.5 Å². The molecule has 2 heterocycles. The van der Waals surface area contributed by atoms with E-state index < -0.39 is 11.8 Å². The van der Waals surface area contributed by atoms with Crippen LogP contribution in [0.3, 0.4) is 0 Å². The van der Waals surface area contributed by atoms with Crippen molar-refractivity contribution in [2.24, 2.45) is 7.05 Å². The average Bonchev–Trinajstić information content (AvgIpc) is 3.33. The van der Waals surface area contributed by atoms with Gasteiger partial charge in [-0.05, 0) is 24.3 Å². The molecule has 0 unspecified atom stereocenters. The molecule has 1 aromatic carbocycles. The second kappa shape index (κ2) is 8.92. The van der Waals surface area contributed by atoms with E-state index in [1.165, 1.54) is 19.3 Å². The van der Waals surface area contributed by atoms with E-state index in [0.717, 1.165) is 10.9 Å². The van der Waals surface area contributed by atoms with Gasteiger partial charge in [0.1, 0.15) is 11.5 Å². The molecule has 0 spiro atoms. The summed E-state index contributed by atoms with van der Waals surface area (Å²) in [4.78, 5) is 35.5. The number of benzene rings is 1. The van der Waals surface area contributed by atoms with Crippen LogP contribution in [0.2, 0.25) is 0 Å². The molecule has 2 amide bonds. The normalized spacial score (nSPS) is 11.0. The lowest BCUT2D eigenvalue weighted by Gasteiger charge is -2.04. The molecule has 3 rings (SSSR count). The maximum Gasteiger partial charge on any atom is 0.305 e. The number of nitrogens with zero attached hydrogens (tertiary/aromatic N) is 1. The summed E-state index contributed by atoms with van der Waals surface area (Å²) in [7, 11) is 3.18. The van der Waals surface area contributed by atoms with Gasteiger partial charge in [0.05, 0.1) is 19.1 Å². The van der Waals surface area contributed by atoms with Crippen molar-refractivity contribution < 1.29 is 23.5 Å². The average molecular weight is 395 g/mol. The van der Waals surface area contributed by atoms with Crippen molar-refractivity contribution in [1.29, 1.82) is 0 Å². The molecule has 0 aliphatic carbocycles. The smallest absolute Gasteiger partial charge is 0.305 e. The maximum atomic E-state index is 12.4. The number of hydrogen-bond acceptors (Lipinski definition) is 5. The summed E-state index contributed by atoms with van der Waals surface area (Å²) in [6.45, 7) is 0. The Morgan fingerprint density at radius 3 is 2.72 bits per heavy atom. The van der Waals surface area contributed by atoms with Crippen LogP contribution in [-0.2, 0) is 27.8 Å². The molecule has 3 aromatic rings. The molecule has 150 valence electrons. The van der Waals surface area contributed by atoms with Crippen LogP contribution in [0.25, 0.3) is 17.0 Å². The largest absolute Gasteiger partial charge is 0.469 e. The number of carbonyl (C=O) groups excluding carboxylic acids is 3. The van der Waals surface area contributed by atoms with Crippen molar-refractivity contribution in [3.63, 3.8) is 0 Å². The number of para-hydroxylation sites is 1. The molecule has 8 heteroatoms. The van der Waals surface area contributed by atoms with E-state index in [1.807, 2.05) is 35.9 Å². The summed E-state index contributed by atoms with van der Waals surface area (Å²) >= 11 is 0. The van der Waals surface area contributed by atoms with Crippen molar-refractivity contribution in [2.75, 3.05) is 7.11 Å². The zero-order chi connectivity index (χ0) is 20.8. The van der Waals surface area contributed by atoms with E-state index >= 15 is 0 Å². The molecule has 8 nitrogen and oxygen atoms in total. The van der Waals surface area contributed by atoms with Gasteiger partial charge in [-0.3, -0.25) is 25.2 Å². The van der Waals surface area contributed by atoms with Crippen molar-refractivity contribution in [3.8, 4) is 0 Å². The number of furan rings is 1. The third-order valence-electron chi connectivity index (χ3n) is 4.33. The number of aromatic nitrogens is 1. The van der Waals surface area contributed by atoms with Gasteiger partial charge in [0.25, 0.3) is 11.8 Å². The standard InChI is InChI=1S/C21H21N3O5/c1-24-13-17(16-5-3-4-6-18(16)24)21(27)23-22-19(25)11-9-14-7-8-15(29-14)10-12-20(26)28-2/h3-9,11,13H,10,12H2,1-2H3,(H,22,25)(H,23,27)/b11-9+. The molecule has 0 saturated heterocycles. The van der Waals surface area contributed by atoms with Gasteiger partial charge in [-0.1, -0.05) is 18.2 Å². The molecule has 0 aliphatic heterocycles. The fourth-order valence-electron chi connectivity index (χ4n) is 2.85. The van der Waals surface area contributed by atoms with Crippen molar-refractivity contribution in [3.05, 3.63) is 65.8 Å². The van der Waals surface area contributed by atoms with Crippen LogP contribution in [0.4, 0.5) is 0 Å². The number of nitrogens with one attached hydrogen (secondary N) is 2. The summed E-state index contributed by atoms with van der Waals surface area (Å²) in [6, 6.07) is 10.9. The van der Waals surface area contributed by atoms with Crippen LogP contribution in [0.5, 0.6) is 0 Å². The highest BCUT2D eigenvalue weighted by Gasteiger charge is 2.13. The van der Waals surface area contributed by atoms with Gasteiger partial charge >= 0.3 is 5.97 Å². The minimum absolute atomic E-state index is 0.216. The van der Waals surface area contributed by atoms with Crippen LogP contribution in [-0.4, -0.2) is 29.5 Å². The summed E-state index contributed by atoms with van der Waals surface area (Å²) in [5.74, 6) is -0.169. The SMILES string of the molecule is COC(=O)CCc1ccc(/C=C/C(=O)NNC(=O)c2cn(C)c3ccccc23)o1. The number of methoxy groups -OCH3 is 1. The Bertz CT molecular complexity index is 1080. The lowest BCUT2D eigenvalue weighted by molar-refractivity contribution is -0.140. The molecule has 0 saturated carbocycles. The quantitative estimate of drug-likeness (QED) is 0.379. The van der Waals surface area contributed by atoms with E-state index in [1.54, 1.807) is 18.3 Å². The van der Waals surface area contributed by atoms with Crippen LogP contribution in [0, 0.1) is 0 Å². The number of carbonyl (C=O) groups is 3. The Labute approximate surface area is 167 Å². The second-order valence-electron chi connectivity index (χ2n) is 6.33. The highest BCUT2D eigenvalue weighted by molar-refractivity contribution is 6.07. The minimum atomic E-state index is -0.508. The molecule has 0 bridgehead atoms. The maximum absolute atomic E-state index is 12.4. The van der Waals surface area contributed by atoms with Crippen LogP contribution < -0.4 is 10.9 Å². The highest BCUT2D eigenvalue weighted by atomic mass is 16.5. The van der Waals surface area contributed by atoms with Gasteiger partial charge < -0.3 is 13.7 Å². The third-order valence-corrected chi connectivity index (χ3v) is 4.33. The second-order valence-corrected chi connectivity index (χ2v) is 6.33. The Morgan fingerprint density at radius 2 is 1.93 bits per heavy atom. The molecule has 2 aromatic heterocycles. The summed E-state index contributed by atoms with van der Waals surface area (Å²) in [6.07, 6.45) is 5.05.